The van der Waals surface area contributed by atoms with Crippen LogP contribution in [0, 0.1) is 5.92 Å². The summed E-state index contributed by atoms with van der Waals surface area (Å²) in [7, 11) is 0. The van der Waals surface area contributed by atoms with E-state index in [1.54, 1.807) is 13.8 Å². The molecule has 0 saturated heterocycles. The monoisotopic (exact) mass is 244 g/mol. The van der Waals surface area contributed by atoms with E-state index in [4.69, 9.17) is 5.11 Å². The fourth-order valence-electron chi connectivity index (χ4n) is 1.29. The summed E-state index contributed by atoms with van der Waals surface area (Å²) in [6.45, 7) is 5.76. The molecule has 0 bridgehead atoms. The molecule has 0 atom stereocenters. The van der Waals surface area contributed by atoms with Gasteiger partial charge in [-0.05, 0) is 0 Å². The van der Waals surface area contributed by atoms with Crippen LogP contribution in [0.4, 0.5) is 0 Å². The average Bonchev–Trinajstić information content (AvgIpc) is 2.21. The van der Waals surface area contributed by atoms with Gasteiger partial charge in [0.15, 0.2) is 0 Å². The molecule has 0 heterocycles. The topological polar surface area (TPSA) is 86.7 Å². The number of hydrogen-bond donors (Lipinski definition) is 2. The quantitative estimate of drug-likeness (QED) is 0.664. The maximum absolute atomic E-state index is 11.8. The lowest BCUT2D eigenvalue weighted by Gasteiger charge is -2.23. The molecular formula is C11H20N2O4. The molecule has 0 unspecified atom stereocenters. The van der Waals surface area contributed by atoms with Gasteiger partial charge in [-0.25, -0.2) is 0 Å². The summed E-state index contributed by atoms with van der Waals surface area (Å²) in [6.07, 6.45) is -0.0848. The summed E-state index contributed by atoms with van der Waals surface area (Å²) < 4.78 is 0. The second kappa shape index (κ2) is 7.65. The predicted molar refractivity (Wildman–Crippen MR) is 62.4 cm³/mol. The Kier molecular flexibility index (Phi) is 6.93. The van der Waals surface area contributed by atoms with E-state index in [9.17, 15) is 14.4 Å². The first-order valence-corrected chi connectivity index (χ1v) is 5.59. The first-order valence-electron chi connectivity index (χ1n) is 5.59. The molecule has 0 aromatic heterocycles. The van der Waals surface area contributed by atoms with Gasteiger partial charge in [0.05, 0.1) is 6.42 Å². The second-order valence-corrected chi connectivity index (χ2v) is 4.11. The van der Waals surface area contributed by atoms with Gasteiger partial charge in [-0.3, -0.25) is 14.4 Å². The molecule has 6 nitrogen and oxygen atoms in total. The van der Waals surface area contributed by atoms with Crippen molar-refractivity contribution in [1.82, 2.24) is 10.2 Å². The zero-order chi connectivity index (χ0) is 13.4. The standard InChI is InChI=1S/C11H20N2O4/c1-8(2)11(17)13(6-4-10(15)16)7-5-12-9(3)14/h8H,4-7H2,1-3H3,(H,12,14)(H,15,16). The number of amides is 2. The summed E-state index contributed by atoms with van der Waals surface area (Å²) in [6, 6.07) is 0. The molecule has 2 amide bonds. The molecule has 0 aliphatic carbocycles. The minimum atomic E-state index is -0.939. The fourth-order valence-corrected chi connectivity index (χ4v) is 1.29. The van der Waals surface area contributed by atoms with Gasteiger partial charge in [-0.15, -0.1) is 0 Å². The summed E-state index contributed by atoms with van der Waals surface area (Å²) >= 11 is 0. The number of carbonyl (C=O) groups excluding carboxylic acids is 2. The van der Waals surface area contributed by atoms with E-state index in [1.165, 1.54) is 11.8 Å². The summed E-state index contributed by atoms with van der Waals surface area (Å²) in [4.78, 5) is 34.4. The van der Waals surface area contributed by atoms with Crippen LogP contribution < -0.4 is 5.32 Å². The van der Waals surface area contributed by atoms with Gasteiger partial charge >= 0.3 is 5.97 Å². The number of carboxylic acids is 1. The van der Waals surface area contributed by atoms with Crippen LogP contribution >= 0.6 is 0 Å². The molecule has 0 aromatic rings. The first kappa shape index (κ1) is 15.4. The predicted octanol–water partition coefficient (Wildman–Crippen LogP) is 0.0818. The molecule has 0 aliphatic heterocycles. The largest absolute Gasteiger partial charge is 0.481 e. The van der Waals surface area contributed by atoms with Gasteiger partial charge < -0.3 is 15.3 Å². The van der Waals surface area contributed by atoms with Crippen LogP contribution in [0.25, 0.3) is 0 Å². The van der Waals surface area contributed by atoms with Crippen molar-refractivity contribution in [3.8, 4) is 0 Å². The van der Waals surface area contributed by atoms with Crippen LogP contribution in [-0.2, 0) is 14.4 Å². The van der Waals surface area contributed by atoms with E-state index in [0.717, 1.165) is 0 Å². The molecule has 0 radical (unpaired) electrons. The first-order chi connectivity index (χ1) is 7.84. The summed E-state index contributed by atoms with van der Waals surface area (Å²) in [5.41, 5.74) is 0. The Bertz CT molecular complexity index is 289. The lowest BCUT2D eigenvalue weighted by molar-refractivity contribution is -0.139. The Morgan fingerprint density at radius 1 is 1.24 bits per heavy atom. The summed E-state index contributed by atoms with van der Waals surface area (Å²) in [5.74, 6) is -1.39. The highest BCUT2D eigenvalue weighted by molar-refractivity contribution is 5.79. The van der Waals surface area contributed by atoms with Crippen LogP contribution in [-0.4, -0.2) is 47.4 Å². The normalized spacial score (nSPS) is 10.1. The van der Waals surface area contributed by atoms with Crippen molar-refractivity contribution in [2.45, 2.75) is 27.2 Å². The lowest BCUT2D eigenvalue weighted by Crippen LogP contribution is -2.41. The number of rotatable bonds is 7. The van der Waals surface area contributed by atoms with Gasteiger partial charge in [0.1, 0.15) is 0 Å². The summed E-state index contributed by atoms with van der Waals surface area (Å²) in [5, 5.41) is 11.2. The number of carbonyl (C=O) groups is 3. The van der Waals surface area contributed by atoms with Gasteiger partial charge in [0.25, 0.3) is 0 Å². The average molecular weight is 244 g/mol. The number of aliphatic carboxylic acids is 1. The van der Waals surface area contributed by atoms with E-state index in [-0.39, 0.29) is 30.7 Å². The molecule has 0 rings (SSSR count). The van der Waals surface area contributed by atoms with Gasteiger partial charge in [-0.2, -0.15) is 0 Å². The number of nitrogens with zero attached hydrogens (tertiary/aromatic N) is 1. The van der Waals surface area contributed by atoms with E-state index in [2.05, 4.69) is 5.32 Å². The Morgan fingerprint density at radius 2 is 1.82 bits per heavy atom. The second-order valence-electron chi connectivity index (χ2n) is 4.11. The fraction of sp³-hybridized carbons (Fsp3) is 0.727. The van der Waals surface area contributed by atoms with Crippen molar-refractivity contribution in [2.75, 3.05) is 19.6 Å². The molecular weight excluding hydrogens is 224 g/mol. The molecule has 0 aromatic carbocycles. The third-order valence-corrected chi connectivity index (χ3v) is 2.16. The maximum atomic E-state index is 11.8. The maximum Gasteiger partial charge on any atom is 0.305 e. The number of hydrogen-bond acceptors (Lipinski definition) is 3. The van der Waals surface area contributed by atoms with Crippen LogP contribution in [0.1, 0.15) is 27.2 Å². The third-order valence-electron chi connectivity index (χ3n) is 2.16. The Hall–Kier alpha value is -1.59. The van der Waals surface area contributed by atoms with Crippen LogP contribution in [0.5, 0.6) is 0 Å². The van der Waals surface area contributed by atoms with Crippen molar-refractivity contribution in [3.05, 3.63) is 0 Å². The lowest BCUT2D eigenvalue weighted by atomic mass is 10.2. The molecule has 0 spiro atoms. The SMILES string of the molecule is CC(=O)NCCN(CCC(=O)O)C(=O)C(C)C. The van der Waals surface area contributed by atoms with Crippen molar-refractivity contribution >= 4 is 17.8 Å². The van der Waals surface area contributed by atoms with Gasteiger partial charge in [-0.1, -0.05) is 13.8 Å². The zero-order valence-corrected chi connectivity index (χ0v) is 10.5. The molecule has 0 fully saturated rings. The van der Waals surface area contributed by atoms with Crippen molar-refractivity contribution in [2.24, 2.45) is 5.92 Å². The minimum absolute atomic E-state index is 0.0848. The number of carboxylic acid groups (broad SMARTS) is 1. The Labute approximate surface area is 101 Å². The molecule has 2 N–H and O–H groups in total. The van der Waals surface area contributed by atoms with Crippen LogP contribution in [0.2, 0.25) is 0 Å². The molecule has 0 aliphatic rings. The van der Waals surface area contributed by atoms with E-state index >= 15 is 0 Å². The molecule has 17 heavy (non-hydrogen) atoms. The molecule has 98 valence electrons. The number of nitrogens with one attached hydrogen (secondary N) is 1. The van der Waals surface area contributed by atoms with Crippen molar-refractivity contribution in [3.63, 3.8) is 0 Å². The highest BCUT2D eigenvalue weighted by Gasteiger charge is 2.17. The minimum Gasteiger partial charge on any atom is -0.481 e. The Morgan fingerprint density at radius 3 is 2.24 bits per heavy atom. The highest BCUT2D eigenvalue weighted by Crippen LogP contribution is 2.02. The highest BCUT2D eigenvalue weighted by atomic mass is 16.4. The smallest absolute Gasteiger partial charge is 0.305 e. The zero-order valence-electron chi connectivity index (χ0n) is 10.5. The van der Waals surface area contributed by atoms with Crippen LogP contribution in [0.15, 0.2) is 0 Å². The van der Waals surface area contributed by atoms with E-state index < -0.39 is 5.97 Å². The third kappa shape index (κ3) is 7.32. The van der Waals surface area contributed by atoms with Crippen molar-refractivity contribution in [1.29, 1.82) is 0 Å². The van der Waals surface area contributed by atoms with Gasteiger partial charge in [0, 0.05) is 32.5 Å². The molecule has 6 heteroatoms. The Balaban J connectivity index is 4.24. The van der Waals surface area contributed by atoms with Crippen LogP contribution in [0.3, 0.4) is 0 Å². The molecule has 0 saturated carbocycles. The van der Waals surface area contributed by atoms with Gasteiger partial charge in [0.2, 0.25) is 11.8 Å². The van der Waals surface area contributed by atoms with E-state index in [0.29, 0.717) is 13.1 Å². The van der Waals surface area contributed by atoms with E-state index in [1.807, 2.05) is 0 Å². The van der Waals surface area contributed by atoms with Crippen molar-refractivity contribution < 1.29 is 19.5 Å².